The first kappa shape index (κ1) is 17.1. The molecule has 1 N–H and O–H groups in total. The number of nitrogens with zero attached hydrogens (tertiary/aromatic N) is 1. The fraction of sp³-hybridized carbons (Fsp3) is 0.571. The zero-order valence-electron chi connectivity index (χ0n) is 12.3. The average molecular weight is 349 g/mol. The van der Waals surface area contributed by atoms with Crippen LogP contribution in [0.25, 0.3) is 0 Å². The highest BCUT2D eigenvalue weighted by Gasteiger charge is 2.30. The lowest BCUT2D eigenvalue weighted by Crippen LogP contribution is -2.37. The highest BCUT2D eigenvalue weighted by Crippen LogP contribution is 2.28. The van der Waals surface area contributed by atoms with Crippen LogP contribution < -0.4 is 5.32 Å². The summed E-state index contributed by atoms with van der Waals surface area (Å²) in [6, 6.07) is 5.02. The van der Waals surface area contributed by atoms with Crippen molar-refractivity contribution in [1.82, 2.24) is 9.62 Å². The lowest BCUT2D eigenvalue weighted by Gasteiger charge is -2.23. The van der Waals surface area contributed by atoms with Gasteiger partial charge in [0.15, 0.2) is 0 Å². The molecule has 1 unspecified atom stereocenters. The van der Waals surface area contributed by atoms with E-state index in [2.05, 4.69) is 5.32 Å². The second-order valence-electron chi connectivity index (χ2n) is 5.07. The minimum absolute atomic E-state index is 0.0906. The number of hydrogen-bond donors (Lipinski definition) is 1. The number of rotatable bonds is 6. The molecule has 0 aliphatic carbocycles. The highest BCUT2D eigenvalue weighted by atomic mass is 35.5. The van der Waals surface area contributed by atoms with Crippen molar-refractivity contribution in [3.63, 3.8) is 0 Å². The molecule has 4 nitrogen and oxygen atoms in total. The molecule has 118 valence electrons. The van der Waals surface area contributed by atoms with E-state index >= 15 is 0 Å². The van der Waals surface area contributed by atoms with Gasteiger partial charge in [-0.1, -0.05) is 18.5 Å². The van der Waals surface area contributed by atoms with Crippen molar-refractivity contribution in [3.05, 3.63) is 28.8 Å². The van der Waals surface area contributed by atoms with Gasteiger partial charge in [-0.15, -0.1) is 0 Å². The third-order valence-electron chi connectivity index (χ3n) is 3.68. The summed E-state index contributed by atoms with van der Waals surface area (Å²) in [7, 11) is -1.78. The molecule has 0 spiro atoms. The number of halogens is 1. The third kappa shape index (κ3) is 3.93. The normalized spacial score (nSPS) is 19.3. The van der Waals surface area contributed by atoms with Crippen molar-refractivity contribution in [2.24, 2.45) is 0 Å². The summed E-state index contributed by atoms with van der Waals surface area (Å²) in [5.74, 6) is 1.89. The predicted octanol–water partition coefficient (Wildman–Crippen LogP) is 2.58. The summed E-state index contributed by atoms with van der Waals surface area (Å²) < 4.78 is 26.9. The predicted molar refractivity (Wildman–Crippen MR) is 89.5 cm³/mol. The van der Waals surface area contributed by atoms with Crippen LogP contribution in [0.1, 0.15) is 18.9 Å². The molecule has 0 bridgehead atoms. The van der Waals surface area contributed by atoms with E-state index in [4.69, 9.17) is 11.6 Å². The molecule has 1 aliphatic rings. The fourth-order valence-corrected chi connectivity index (χ4v) is 5.26. The molecule has 0 amide bonds. The Kier molecular flexibility index (Phi) is 5.96. The molecule has 2 rings (SSSR count). The van der Waals surface area contributed by atoms with Crippen LogP contribution in [0.15, 0.2) is 23.1 Å². The van der Waals surface area contributed by atoms with Crippen LogP contribution in [0.5, 0.6) is 0 Å². The molecular formula is C14H21ClN2O2S2. The Hall–Kier alpha value is -0.270. The summed E-state index contributed by atoms with van der Waals surface area (Å²) in [6.07, 6.45) is 0.915. The van der Waals surface area contributed by atoms with E-state index in [1.165, 1.54) is 4.31 Å². The second kappa shape index (κ2) is 7.33. The summed E-state index contributed by atoms with van der Waals surface area (Å²) in [5, 5.41) is 3.76. The van der Waals surface area contributed by atoms with Gasteiger partial charge in [0.1, 0.15) is 0 Å². The molecule has 1 saturated heterocycles. The fourth-order valence-electron chi connectivity index (χ4n) is 2.28. The van der Waals surface area contributed by atoms with E-state index in [1.807, 2.05) is 6.92 Å². The first-order valence-electron chi connectivity index (χ1n) is 7.01. The Morgan fingerprint density at radius 1 is 1.48 bits per heavy atom. The van der Waals surface area contributed by atoms with Crippen LogP contribution >= 0.6 is 23.4 Å². The van der Waals surface area contributed by atoms with Crippen molar-refractivity contribution in [3.8, 4) is 0 Å². The van der Waals surface area contributed by atoms with Gasteiger partial charge in [-0.05, 0) is 42.5 Å². The second-order valence-corrected chi connectivity index (χ2v) is 8.63. The van der Waals surface area contributed by atoms with Crippen molar-refractivity contribution in [1.29, 1.82) is 0 Å². The number of benzene rings is 1. The maximum atomic E-state index is 12.7. The molecule has 1 aliphatic heterocycles. The smallest absolute Gasteiger partial charge is 0.243 e. The SMILES string of the molecule is CCNCc1cc(S(=O)(=O)N(C)C2CCSC2)ccc1Cl. The Labute approximate surface area is 136 Å². The zero-order chi connectivity index (χ0) is 15.5. The molecule has 1 aromatic carbocycles. The molecule has 0 aromatic heterocycles. The summed E-state index contributed by atoms with van der Waals surface area (Å²) in [4.78, 5) is 0.319. The number of thioether (sulfide) groups is 1. The number of nitrogens with one attached hydrogen (secondary N) is 1. The average Bonchev–Trinajstić information content (AvgIpc) is 2.99. The largest absolute Gasteiger partial charge is 0.313 e. The Balaban J connectivity index is 2.26. The number of sulfonamides is 1. The topological polar surface area (TPSA) is 49.4 Å². The maximum Gasteiger partial charge on any atom is 0.243 e. The van der Waals surface area contributed by atoms with Gasteiger partial charge in [0.05, 0.1) is 4.90 Å². The summed E-state index contributed by atoms with van der Waals surface area (Å²) in [5.41, 5.74) is 0.814. The summed E-state index contributed by atoms with van der Waals surface area (Å²) in [6.45, 7) is 3.38. The van der Waals surface area contributed by atoms with Crippen molar-refractivity contribution in [2.45, 2.75) is 30.8 Å². The molecule has 1 aromatic rings. The minimum Gasteiger partial charge on any atom is -0.313 e. The standard InChI is InChI=1S/C14H21ClN2O2S2/c1-3-16-9-11-8-13(4-5-14(11)15)21(18,19)17(2)12-6-7-20-10-12/h4-5,8,12,16H,3,6-7,9-10H2,1-2H3. The monoisotopic (exact) mass is 348 g/mol. The van der Waals surface area contributed by atoms with Gasteiger partial charge in [0.25, 0.3) is 0 Å². The van der Waals surface area contributed by atoms with Gasteiger partial charge in [0.2, 0.25) is 10.0 Å². The quantitative estimate of drug-likeness (QED) is 0.858. The third-order valence-corrected chi connectivity index (χ3v) is 7.10. The Morgan fingerprint density at radius 2 is 2.24 bits per heavy atom. The Bertz CT molecular complexity index is 587. The molecule has 1 fully saturated rings. The lowest BCUT2D eigenvalue weighted by atomic mass is 10.2. The van der Waals surface area contributed by atoms with Crippen LogP contribution in [0.2, 0.25) is 5.02 Å². The lowest BCUT2D eigenvalue weighted by molar-refractivity contribution is 0.394. The van der Waals surface area contributed by atoms with Crippen LogP contribution in [-0.2, 0) is 16.6 Å². The van der Waals surface area contributed by atoms with Gasteiger partial charge < -0.3 is 5.32 Å². The van der Waals surface area contributed by atoms with E-state index in [-0.39, 0.29) is 6.04 Å². The Morgan fingerprint density at radius 3 is 2.86 bits per heavy atom. The van der Waals surface area contributed by atoms with Crippen LogP contribution in [-0.4, -0.2) is 43.9 Å². The van der Waals surface area contributed by atoms with Gasteiger partial charge in [-0.25, -0.2) is 8.42 Å². The van der Waals surface area contributed by atoms with E-state index in [0.717, 1.165) is 30.0 Å². The van der Waals surface area contributed by atoms with Crippen LogP contribution in [0.4, 0.5) is 0 Å². The molecule has 7 heteroatoms. The van der Waals surface area contributed by atoms with Gasteiger partial charge in [0, 0.05) is 30.4 Å². The van der Waals surface area contributed by atoms with Gasteiger partial charge in [-0.3, -0.25) is 0 Å². The van der Waals surface area contributed by atoms with Crippen LogP contribution in [0, 0.1) is 0 Å². The number of hydrogen-bond acceptors (Lipinski definition) is 4. The molecule has 1 atom stereocenters. The van der Waals surface area contributed by atoms with Gasteiger partial charge >= 0.3 is 0 Å². The molecule has 0 radical (unpaired) electrons. The molecule has 1 heterocycles. The highest BCUT2D eigenvalue weighted by molar-refractivity contribution is 7.99. The van der Waals surface area contributed by atoms with Gasteiger partial charge in [-0.2, -0.15) is 16.1 Å². The molecule has 21 heavy (non-hydrogen) atoms. The van der Waals surface area contributed by atoms with Crippen molar-refractivity contribution >= 4 is 33.4 Å². The maximum absolute atomic E-state index is 12.7. The van der Waals surface area contributed by atoms with E-state index in [9.17, 15) is 8.42 Å². The van der Waals surface area contributed by atoms with Crippen molar-refractivity contribution in [2.75, 3.05) is 25.1 Å². The minimum atomic E-state index is -3.45. The van der Waals surface area contributed by atoms with Crippen molar-refractivity contribution < 1.29 is 8.42 Å². The molecular weight excluding hydrogens is 328 g/mol. The van der Waals surface area contributed by atoms with E-state index in [1.54, 1.807) is 37.0 Å². The zero-order valence-corrected chi connectivity index (χ0v) is 14.7. The first-order valence-corrected chi connectivity index (χ1v) is 9.99. The summed E-state index contributed by atoms with van der Waals surface area (Å²) >= 11 is 7.94. The first-order chi connectivity index (χ1) is 9.96. The van der Waals surface area contributed by atoms with E-state index in [0.29, 0.717) is 16.5 Å². The van der Waals surface area contributed by atoms with E-state index < -0.39 is 10.0 Å². The van der Waals surface area contributed by atoms with Crippen LogP contribution in [0.3, 0.4) is 0 Å². The molecule has 0 saturated carbocycles.